The number of allylic oxidation sites excluding steroid dienone is 2. The number of nitrogens with one attached hydrogen (secondary N) is 1. The maximum absolute atomic E-state index is 10.7. The van der Waals surface area contributed by atoms with Gasteiger partial charge in [0.2, 0.25) is 5.91 Å². The van der Waals surface area contributed by atoms with E-state index in [-0.39, 0.29) is 5.91 Å². The summed E-state index contributed by atoms with van der Waals surface area (Å²) in [5, 5.41) is 2.69. The van der Waals surface area contributed by atoms with Crippen LogP contribution in [0, 0.1) is 0 Å². The number of hydrogen-bond donors (Lipinski definition) is 1. The molecule has 0 aromatic heterocycles. The lowest BCUT2D eigenvalue weighted by molar-refractivity contribution is -0.118. The van der Waals surface area contributed by atoms with Crippen molar-refractivity contribution >= 4 is 12.2 Å². The molecule has 0 aromatic rings. The molecular formula is C9H13NO2. The summed E-state index contributed by atoms with van der Waals surface area (Å²) >= 11 is 0. The predicted molar refractivity (Wildman–Crippen MR) is 45.4 cm³/mol. The summed E-state index contributed by atoms with van der Waals surface area (Å²) in [4.78, 5) is 21.3. The standard InChI is InChI=1S/C9H13NO2/c1-7(12)10-9-5-3-2-4-8(9)6-11/h6H,2-5H2,1H3,(H,10,12). The zero-order valence-corrected chi connectivity index (χ0v) is 7.22. The molecule has 12 heavy (non-hydrogen) atoms. The molecule has 1 N–H and O–H groups in total. The van der Waals surface area contributed by atoms with Gasteiger partial charge in [0, 0.05) is 18.2 Å². The van der Waals surface area contributed by atoms with Crippen LogP contribution in [0.2, 0.25) is 0 Å². The SMILES string of the molecule is CC(=O)NC1=C(C=O)CCCC1. The molecule has 0 spiro atoms. The van der Waals surface area contributed by atoms with Gasteiger partial charge in [-0.25, -0.2) is 0 Å². The fourth-order valence-corrected chi connectivity index (χ4v) is 1.41. The molecule has 0 heterocycles. The van der Waals surface area contributed by atoms with Crippen LogP contribution in [0.5, 0.6) is 0 Å². The molecule has 0 saturated carbocycles. The molecule has 1 aliphatic carbocycles. The highest BCUT2D eigenvalue weighted by molar-refractivity contribution is 5.80. The second-order valence-corrected chi connectivity index (χ2v) is 3.01. The summed E-state index contributed by atoms with van der Waals surface area (Å²) in [5.41, 5.74) is 1.58. The van der Waals surface area contributed by atoms with Crippen molar-refractivity contribution in [1.82, 2.24) is 5.32 Å². The molecule has 0 aromatic carbocycles. The van der Waals surface area contributed by atoms with Gasteiger partial charge in [-0.15, -0.1) is 0 Å². The molecular weight excluding hydrogens is 154 g/mol. The van der Waals surface area contributed by atoms with E-state index >= 15 is 0 Å². The predicted octanol–water partition coefficient (Wildman–Crippen LogP) is 1.15. The zero-order chi connectivity index (χ0) is 8.97. The van der Waals surface area contributed by atoms with Gasteiger partial charge >= 0.3 is 0 Å². The smallest absolute Gasteiger partial charge is 0.221 e. The third kappa shape index (κ3) is 2.19. The normalized spacial score (nSPS) is 17.4. The summed E-state index contributed by atoms with van der Waals surface area (Å²) in [6.07, 6.45) is 4.60. The van der Waals surface area contributed by atoms with Crippen molar-refractivity contribution in [2.75, 3.05) is 0 Å². The minimum absolute atomic E-state index is 0.0914. The monoisotopic (exact) mass is 167 g/mol. The van der Waals surface area contributed by atoms with E-state index in [1.807, 2.05) is 0 Å². The Labute approximate surface area is 71.8 Å². The number of carbonyl (C=O) groups is 2. The number of rotatable bonds is 2. The maximum atomic E-state index is 10.7. The summed E-state index contributed by atoms with van der Waals surface area (Å²) in [7, 11) is 0. The highest BCUT2D eigenvalue weighted by Crippen LogP contribution is 2.20. The van der Waals surface area contributed by atoms with E-state index in [0.29, 0.717) is 0 Å². The van der Waals surface area contributed by atoms with Gasteiger partial charge in [0.25, 0.3) is 0 Å². The van der Waals surface area contributed by atoms with Crippen molar-refractivity contribution < 1.29 is 9.59 Å². The lowest BCUT2D eigenvalue weighted by Gasteiger charge is -2.16. The number of aldehydes is 1. The van der Waals surface area contributed by atoms with Gasteiger partial charge in [0.1, 0.15) is 6.29 Å². The lowest BCUT2D eigenvalue weighted by Crippen LogP contribution is -2.22. The van der Waals surface area contributed by atoms with E-state index in [1.54, 1.807) is 0 Å². The first kappa shape index (κ1) is 8.97. The third-order valence-corrected chi connectivity index (χ3v) is 1.98. The van der Waals surface area contributed by atoms with Gasteiger partial charge < -0.3 is 5.32 Å². The van der Waals surface area contributed by atoms with Crippen molar-refractivity contribution in [3.63, 3.8) is 0 Å². The summed E-state index contributed by atoms with van der Waals surface area (Å²) < 4.78 is 0. The van der Waals surface area contributed by atoms with Gasteiger partial charge in [-0.2, -0.15) is 0 Å². The fourth-order valence-electron chi connectivity index (χ4n) is 1.41. The Morgan fingerprint density at radius 3 is 2.67 bits per heavy atom. The van der Waals surface area contributed by atoms with Crippen molar-refractivity contribution in [3.05, 3.63) is 11.3 Å². The highest BCUT2D eigenvalue weighted by Gasteiger charge is 2.12. The Morgan fingerprint density at radius 2 is 2.08 bits per heavy atom. The molecule has 1 aliphatic rings. The Bertz CT molecular complexity index is 231. The molecule has 0 unspecified atom stereocenters. The second kappa shape index (κ2) is 4.04. The zero-order valence-electron chi connectivity index (χ0n) is 7.22. The highest BCUT2D eigenvalue weighted by atomic mass is 16.1. The molecule has 0 saturated heterocycles. The van der Waals surface area contributed by atoms with Crippen molar-refractivity contribution in [2.45, 2.75) is 32.6 Å². The molecule has 66 valence electrons. The van der Waals surface area contributed by atoms with Gasteiger partial charge in [0.15, 0.2) is 0 Å². The Hall–Kier alpha value is -1.12. The van der Waals surface area contributed by atoms with Crippen LogP contribution in [0.1, 0.15) is 32.6 Å². The number of amides is 1. The van der Waals surface area contributed by atoms with Crippen molar-refractivity contribution in [1.29, 1.82) is 0 Å². The summed E-state index contributed by atoms with van der Waals surface area (Å²) in [5.74, 6) is -0.0914. The van der Waals surface area contributed by atoms with Crippen LogP contribution in [0.25, 0.3) is 0 Å². The van der Waals surface area contributed by atoms with Gasteiger partial charge in [-0.05, 0) is 25.7 Å². The van der Waals surface area contributed by atoms with Crippen LogP contribution >= 0.6 is 0 Å². The summed E-state index contributed by atoms with van der Waals surface area (Å²) in [6, 6.07) is 0. The second-order valence-electron chi connectivity index (χ2n) is 3.01. The van der Waals surface area contributed by atoms with E-state index < -0.39 is 0 Å². The van der Waals surface area contributed by atoms with Crippen LogP contribution in [0.4, 0.5) is 0 Å². The lowest BCUT2D eigenvalue weighted by atomic mass is 9.97. The van der Waals surface area contributed by atoms with Crippen LogP contribution in [0.15, 0.2) is 11.3 Å². The molecule has 1 rings (SSSR count). The molecule has 0 atom stereocenters. The molecule has 3 heteroatoms. The molecule has 1 amide bonds. The first-order valence-electron chi connectivity index (χ1n) is 4.19. The number of hydrogen-bond acceptors (Lipinski definition) is 2. The van der Waals surface area contributed by atoms with Crippen LogP contribution in [-0.2, 0) is 9.59 Å². The average Bonchev–Trinajstić information content (AvgIpc) is 2.04. The van der Waals surface area contributed by atoms with E-state index in [1.165, 1.54) is 6.92 Å². The topological polar surface area (TPSA) is 46.2 Å². The molecule has 3 nitrogen and oxygen atoms in total. The minimum Gasteiger partial charge on any atom is -0.330 e. The Kier molecular flexibility index (Phi) is 3.02. The van der Waals surface area contributed by atoms with E-state index in [2.05, 4.69) is 5.32 Å². The van der Waals surface area contributed by atoms with Gasteiger partial charge in [-0.1, -0.05) is 0 Å². The van der Waals surface area contributed by atoms with Crippen molar-refractivity contribution in [2.24, 2.45) is 0 Å². The van der Waals surface area contributed by atoms with E-state index in [9.17, 15) is 9.59 Å². The largest absolute Gasteiger partial charge is 0.330 e. The van der Waals surface area contributed by atoms with Crippen LogP contribution < -0.4 is 5.32 Å². The minimum atomic E-state index is -0.0914. The van der Waals surface area contributed by atoms with E-state index in [4.69, 9.17) is 0 Å². The van der Waals surface area contributed by atoms with Crippen LogP contribution in [0.3, 0.4) is 0 Å². The number of carbonyl (C=O) groups excluding carboxylic acids is 2. The fraction of sp³-hybridized carbons (Fsp3) is 0.556. The third-order valence-electron chi connectivity index (χ3n) is 1.98. The molecule has 0 aliphatic heterocycles. The Balaban J connectivity index is 2.72. The summed E-state index contributed by atoms with van der Waals surface area (Å²) in [6.45, 7) is 1.46. The quantitative estimate of drug-likeness (QED) is 0.627. The molecule has 0 bridgehead atoms. The van der Waals surface area contributed by atoms with E-state index in [0.717, 1.165) is 43.2 Å². The van der Waals surface area contributed by atoms with Gasteiger partial charge in [0.05, 0.1) is 0 Å². The molecule has 0 fully saturated rings. The van der Waals surface area contributed by atoms with Crippen molar-refractivity contribution in [3.8, 4) is 0 Å². The molecule has 0 radical (unpaired) electrons. The average molecular weight is 167 g/mol. The first-order chi connectivity index (χ1) is 5.74. The van der Waals surface area contributed by atoms with Gasteiger partial charge in [-0.3, -0.25) is 9.59 Å². The van der Waals surface area contributed by atoms with Crippen LogP contribution in [-0.4, -0.2) is 12.2 Å². The first-order valence-corrected chi connectivity index (χ1v) is 4.19. The Morgan fingerprint density at radius 1 is 1.42 bits per heavy atom. The maximum Gasteiger partial charge on any atom is 0.221 e.